The first-order chi connectivity index (χ1) is 10.1. The van der Waals surface area contributed by atoms with Crippen molar-refractivity contribution in [3.05, 3.63) is 64.0 Å². The lowest BCUT2D eigenvalue weighted by atomic mass is 10.1. The number of fused-ring (bicyclic) bond motifs is 1. The first kappa shape index (κ1) is 13.4. The summed E-state index contributed by atoms with van der Waals surface area (Å²) in [6.45, 7) is 0.374. The first-order valence-corrected chi connectivity index (χ1v) is 6.56. The van der Waals surface area contributed by atoms with Crippen LogP contribution in [0.15, 0.2) is 42.5 Å². The van der Waals surface area contributed by atoms with Gasteiger partial charge in [-0.05, 0) is 17.7 Å². The minimum absolute atomic E-state index is 0.120. The maximum absolute atomic E-state index is 13.2. The van der Waals surface area contributed by atoms with Gasteiger partial charge in [0.2, 0.25) is 0 Å². The first-order valence-electron chi connectivity index (χ1n) is 6.56. The summed E-state index contributed by atoms with van der Waals surface area (Å²) in [6, 6.07) is 11.1. The Morgan fingerprint density at radius 3 is 2.90 bits per heavy atom. The van der Waals surface area contributed by atoms with E-state index in [0.29, 0.717) is 6.54 Å². The molecule has 0 radical (unpaired) electrons. The Balaban J connectivity index is 1.69. The fraction of sp³-hybridized carbons (Fsp3) is 0.200. The van der Waals surface area contributed by atoms with Gasteiger partial charge in [0.05, 0.1) is 11.5 Å². The molecule has 1 aliphatic rings. The fourth-order valence-electron chi connectivity index (χ4n) is 2.40. The van der Waals surface area contributed by atoms with E-state index in [4.69, 9.17) is 4.74 Å². The zero-order valence-corrected chi connectivity index (χ0v) is 11.1. The van der Waals surface area contributed by atoms with E-state index in [0.717, 1.165) is 35.9 Å². The highest BCUT2D eigenvalue weighted by Crippen LogP contribution is 2.29. The highest BCUT2D eigenvalue weighted by molar-refractivity contribution is 5.61. The molecule has 1 heterocycles. The van der Waals surface area contributed by atoms with Crippen molar-refractivity contribution in [3.63, 3.8) is 0 Å². The van der Waals surface area contributed by atoms with E-state index in [1.807, 2.05) is 24.3 Å². The summed E-state index contributed by atoms with van der Waals surface area (Å²) in [5.74, 6) is 0.316. The van der Waals surface area contributed by atoms with Crippen LogP contribution in [-0.2, 0) is 6.42 Å². The Bertz CT molecular complexity index is 665. The molecular weight excluding hydrogens is 275 g/mol. The Morgan fingerprint density at radius 2 is 2.14 bits per heavy atom. The van der Waals surface area contributed by atoms with Gasteiger partial charge in [-0.1, -0.05) is 18.2 Å². The van der Waals surface area contributed by atoms with Crippen molar-refractivity contribution in [2.75, 3.05) is 11.9 Å². The van der Waals surface area contributed by atoms with Gasteiger partial charge in [0.1, 0.15) is 23.4 Å². The third-order valence-electron chi connectivity index (χ3n) is 3.39. The average Bonchev–Trinajstić information content (AvgIpc) is 2.87. The Morgan fingerprint density at radius 1 is 1.33 bits per heavy atom. The normalized spacial score (nSPS) is 16.1. The number of nitrogens with one attached hydrogen (secondary N) is 1. The molecule has 1 unspecified atom stereocenters. The number of anilines is 1. The molecule has 0 saturated carbocycles. The predicted molar refractivity (Wildman–Crippen MR) is 76.1 cm³/mol. The molecule has 2 aromatic rings. The van der Waals surface area contributed by atoms with E-state index < -0.39 is 10.7 Å². The van der Waals surface area contributed by atoms with Crippen LogP contribution in [0.1, 0.15) is 5.56 Å². The molecule has 21 heavy (non-hydrogen) atoms. The fourth-order valence-corrected chi connectivity index (χ4v) is 2.40. The van der Waals surface area contributed by atoms with E-state index in [9.17, 15) is 14.5 Å². The molecule has 1 aliphatic heterocycles. The summed E-state index contributed by atoms with van der Waals surface area (Å²) in [7, 11) is 0. The minimum atomic E-state index is -0.536. The Hall–Kier alpha value is -2.63. The zero-order chi connectivity index (χ0) is 14.8. The van der Waals surface area contributed by atoms with Crippen molar-refractivity contribution >= 4 is 11.4 Å². The lowest BCUT2D eigenvalue weighted by molar-refractivity contribution is -0.384. The monoisotopic (exact) mass is 288 g/mol. The SMILES string of the molecule is O=[N+]([O-])c1ccc(F)cc1NCC1Cc2ccccc2O1. The predicted octanol–water partition coefficient (Wildman–Crippen LogP) is 3.15. The van der Waals surface area contributed by atoms with Crippen molar-refractivity contribution in [2.45, 2.75) is 12.5 Å². The number of para-hydroxylation sites is 1. The maximum atomic E-state index is 13.2. The molecule has 108 valence electrons. The number of nitro groups is 1. The van der Waals surface area contributed by atoms with Crippen LogP contribution >= 0.6 is 0 Å². The largest absolute Gasteiger partial charge is 0.488 e. The van der Waals surface area contributed by atoms with Crippen LogP contribution in [0.3, 0.4) is 0 Å². The van der Waals surface area contributed by atoms with E-state index in [1.54, 1.807) is 0 Å². The summed E-state index contributed by atoms with van der Waals surface area (Å²) < 4.78 is 19.0. The summed E-state index contributed by atoms with van der Waals surface area (Å²) in [5, 5.41) is 13.8. The van der Waals surface area contributed by atoms with E-state index in [2.05, 4.69) is 5.32 Å². The second-order valence-electron chi connectivity index (χ2n) is 4.85. The summed E-state index contributed by atoms with van der Waals surface area (Å²) in [5.41, 5.74) is 1.13. The number of hydrogen-bond donors (Lipinski definition) is 1. The molecular formula is C15H13FN2O3. The number of ether oxygens (including phenoxy) is 1. The number of hydrogen-bond acceptors (Lipinski definition) is 4. The van der Waals surface area contributed by atoms with Crippen LogP contribution in [-0.4, -0.2) is 17.6 Å². The van der Waals surface area contributed by atoms with Crippen molar-refractivity contribution in [3.8, 4) is 5.75 Å². The number of nitro benzene ring substituents is 1. The molecule has 0 spiro atoms. The number of nitrogens with zero attached hydrogens (tertiary/aromatic N) is 1. The average molecular weight is 288 g/mol. The second kappa shape index (κ2) is 5.40. The molecule has 2 aromatic carbocycles. The van der Waals surface area contributed by atoms with E-state index in [-0.39, 0.29) is 17.5 Å². The molecule has 0 amide bonds. The van der Waals surface area contributed by atoms with Gasteiger partial charge in [-0.15, -0.1) is 0 Å². The molecule has 1 atom stereocenters. The number of rotatable bonds is 4. The summed E-state index contributed by atoms with van der Waals surface area (Å²) >= 11 is 0. The van der Waals surface area contributed by atoms with Gasteiger partial charge in [0, 0.05) is 18.6 Å². The minimum Gasteiger partial charge on any atom is -0.488 e. The molecule has 5 nitrogen and oxygen atoms in total. The van der Waals surface area contributed by atoms with Crippen molar-refractivity contribution in [1.29, 1.82) is 0 Å². The standard InChI is InChI=1S/C15H13FN2O3/c16-11-5-6-14(18(19)20)13(8-11)17-9-12-7-10-3-1-2-4-15(10)21-12/h1-6,8,12,17H,7,9H2. The maximum Gasteiger partial charge on any atom is 0.292 e. The highest BCUT2D eigenvalue weighted by atomic mass is 19.1. The molecule has 0 aromatic heterocycles. The number of halogens is 1. The lowest BCUT2D eigenvalue weighted by Gasteiger charge is -2.13. The Kier molecular flexibility index (Phi) is 3.43. The van der Waals surface area contributed by atoms with Gasteiger partial charge in [-0.3, -0.25) is 10.1 Å². The van der Waals surface area contributed by atoms with Gasteiger partial charge in [0.15, 0.2) is 0 Å². The second-order valence-corrected chi connectivity index (χ2v) is 4.85. The van der Waals surface area contributed by atoms with Crippen LogP contribution < -0.4 is 10.1 Å². The Labute approximate surface area is 120 Å². The van der Waals surface area contributed by atoms with Gasteiger partial charge in [0.25, 0.3) is 5.69 Å². The van der Waals surface area contributed by atoms with E-state index >= 15 is 0 Å². The van der Waals surface area contributed by atoms with Crippen LogP contribution in [0.5, 0.6) is 5.75 Å². The molecule has 0 bridgehead atoms. The quantitative estimate of drug-likeness (QED) is 0.693. The van der Waals surface area contributed by atoms with Gasteiger partial charge < -0.3 is 10.1 Å². The topological polar surface area (TPSA) is 64.4 Å². The molecule has 0 saturated heterocycles. The zero-order valence-electron chi connectivity index (χ0n) is 11.1. The molecule has 1 N–H and O–H groups in total. The smallest absolute Gasteiger partial charge is 0.292 e. The van der Waals surface area contributed by atoms with Gasteiger partial charge in [-0.2, -0.15) is 0 Å². The van der Waals surface area contributed by atoms with Crippen molar-refractivity contribution in [2.24, 2.45) is 0 Å². The van der Waals surface area contributed by atoms with Crippen LogP contribution in [0, 0.1) is 15.9 Å². The highest BCUT2D eigenvalue weighted by Gasteiger charge is 2.23. The van der Waals surface area contributed by atoms with Crippen LogP contribution in [0.2, 0.25) is 0 Å². The molecule has 6 heteroatoms. The van der Waals surface area contributed by atoms with Gasteiger partial charge in [-0.25, -0.2) is 4.39 Å². The van der Waals surface area contributed by atoms with Crippen molar-refractivity contribution < 1.29 is 14.1 Å². The van der Waals surface area contributed by atoms with Crippen molar-refractivity contribution in [1.82, 2.24) is 0 Å². The van der Waals surface area contributed by atoms with Gasteiger partial charge >= 0.3 is 0 Å². The van der Waals surface area contributed by atoms with E-state index in [1.165, 1.54) is 0 Å². The summed E-state index contributed by atoms with van der Waals surface area (Å²) in [4.78, 5) is 10.4. The molecule has 3 rings (SSSR count). The lowest BCUT2D eigenvalue weighted by Crippen LogP contribution is -2.24. The molecule has 0 aliphatic carbocycles. The van der Waals surface area contributed by atoms with Crippen LogP contribution in [0.4, 0.5) is 15.8 Å². The van der Waals surface area contributed by atoms with Crippen LogP contribution in [0.25, 0.3) is 0 Å². The third kappa shape index (κ3) is 2.79. The molecule has 0 fully saturated rings. The summed E-state index contributed by atoms with van der Waals surface area (Å²) in [6.07, 6.45) is 0.608. The number of benzene rings is 2. The third-order valence-corrected chi connectivity index (χ3v) is 3.39.